The minimum Gasteiger partial charge on any atom is -0.463 e. The Hall–Kier alpha value is -2.67. The van der Waals surface area contributed by atoms with Crippen LogP contribution in [0.3, 0.4) is 0 Å². The number of halogens is 1. The van der Waals surface area contributed by atoms with E-state index in [2.05, 4.69) is 5.32 Å². The van der Waals surface area contributed by atoms with Crippen molar-refractivity contribution in [2.45, 2.75) is 25.5 Å². The van der Waals surface area contributed by atoms with Crippen LogP contribution in [0.15, 0.2) is 40.8 Å². The number of imide groups is 1. The number of amides is 3. The normalized spacial score (nSPS) is 21.9. The lowest BCUT2D eigenvalue weighted by molar-refractivity contribution is -0.132. The number of urea groups is 1. The van der Waals surface area contributed by atoms with Gasteiger partial charge in [0.2, 0.25) is 0 Å². The minimum absolute atomic E-state index is 0.274. The van der Waals surface area contributed by atoms with Gasteiger partial charge in [-0.2, -0.15) is 0 Å². The molecule has 24 heavy (non-hydrogen) atoms. The Morgan fingerprint density at radius 2 is 2.08 bits per heavy atom. The van der Waals surface area contributed by atoms with Gasteiger partial charge in [-0.25, -0.2) is 9.18 Å². The van der Waals surface area contributed by atoms with Crippen LogP contribution in [0.2, 0.25) is 0 Å². The number of aryl methyl sites for hydroxylation is 1. The Kier molecular flexibility index (Phi) is 3.88. The number of carbonyl (C=O) groups is 2. The Morgan fingerprint density at radius 1 is 1.33 bits per heavy atom. The highest BCUT2D eigenvalue weighted by Crippen LogP contribution is 2.31. The molecule has 1 aromatic heterocycles. The lowest BCUT2D eigenvalue weighted by Crippen LogP contribution is -2.41. The molecule has 1 aliphatic rings. The van der Waals surface area contributed by atoms with Crippen molar-refractivity contribution in [2.24, 2.45) is 0 Å². The van der Waals surface area contributed by atoms with Crippen molar-refractivity contribution in [2.75, 3.05) is 6.54 Å². The number of nitrogens with zero attached hydrogens (tertiary/aromatic N) is 1. The lowest BCUT2D eigenvalue weighted by Gasteiger charge is -2.21. The second-order valence-electron chi connectivity index (χ2n) is 5.95. The van der Waals surface area contributed by atoms with Gasteiger partial charge in [-0.05, 0) is 43.7 Å². The molecule has 2 aromatic rings. The molecule has 1 aromatic carbocycles. The fraction of sp³-hybridized carbons (Fsp3) is 0.294. The van der Waals surface area contributed by atoms with Crippen molar-refractivity contribution in [3.05, 3.63) is 59.3 Å². The molecule has 1 aliphatic heterocycles. The van der Waals surface area contributed by atoms with Gasteiger partial charge in [-0.15, -0.1) is 0 Å². The molecule has 2 atom stereocenters. The summed E-state index contributed by atoms with van der Waals surface area (Å²) < 4.78 is 18.7. The van der Waals surface area contributed by atoms with Gasteiger partial charge >= 0.3 is 6.03 Å². The summed E-state index contributed by atoms with van der Waals surface area (Å²) in [6, 6.07) is 8.09. The van der Waals surface area contributed by atoms with Gasteiger partial charge in [0, 0.05) is 0 Å². The number of rotatable bonds is 4. The van der Waals surface area contributed by atoms with E-state index >= 15 is 0 Å². The van der Waals surface area contributed by atoms with Gasteiger partial charge < -0.3 is 14.8 Å². The summed E-state index contributed by atoms with van der Waals surface area (Å²) in [7, 11) is 0. The molecule has 0 aliphatic carbocycles. The lowest BCUT2D eigenvalue weighted by atomic mass is 9.99. The molecule has 0 bridgehead atoms. The number of furan rings is 1. The first kappa shape index (κ1) is 16.2. The topological polar surface area (TPSA) is 82.8 Å². The van der Waals surface area contributed by atoms with Crippen molar-refractivity contribution in [1.29, 1.82) is 0 Å². The molecule has 0 radical (unpaired) electrons. The number of benzene rings is 1. The van der Waals surface area contributed by atoms with Crippen LogP contribution in [0.4, 0.5) is 9.18 Å². The van der Waals surface area contributed by atoms with E-state index < -0.39 is 29.4 Å². The third-order valence-corrected chi connectivity index (χ3v) is 4.10. The van der Waals surface area contributed by atoms with Crippen LogP contribution in [0.5, 0.6) is 0 Å². The third-order valence-electron chi connectivity index (χ3n) is 4.10. The number of aliphatic hydroxyl groups excluding tert-OH is 1. The first-order valence-corrected chi connectivity index (χ1v) is 7.46. The van der Waals surface area contributed by atoms with E-state index in [1.165, 1.54) is 18.2 Å². The minimum atomic E-state index is -1.33. The standard InChI is InChI=1S/C17H17FN2O4/c1-10-6-7-14(24-10)17(2)15(22)20(16(23)19-17)9-13(21)11-4-3-5-12(18)8-11/h3-8,13,21H,9H2,1-2H3,(H,19,23)/t13-,17-/m0/s1. The molecule has 6 nitrogen and oxygen atoms in total. The van der Waals surface area contributed by atoms with Crippen molar-refractivity contribution >= 4 is 11.9 Å². The van der Waals surface area contributed by atoms with E-state index in [9.17, 15) is 19.1 Å². The fourth-order valence-electron chi connectivity index (χ4n) is 2.73. The molecule has 1 saturated heterocycles. The summed E-state index contributed by atoms with van der Waals surface area (Å²) in [6.45, 7) is 3.00. The predicted molar refractivity (Wildman–Crippen MR) is 82.4 cm³/mol. The van der Waals surface area contributed by atoms with Gasteiger partial charge in [0.25, 0.3) is 5.91 Å². The van der Waals surface area contributed by atoms with Crippen molar-refractivity contribution in [3.8, 4) is 0 Å². The molecule has 1 fully saturated rings. The molecule has 0 unspecified atom stereocenters. The smallest absolute Gasteiger partial charge is 0.325 e. The SMILES string of the molecule is Cc1ccc([C@]2(C)NC(=O)N(C[C@H](O)c3cccc(F)c3)C2=O)o1. The van der Waals surface area contributed by atoms with Crippen LogP contribution >= 0.6 is 0 Å². The highest BCUT2D eigenvalue weighted by molar-refractivity contribution is 6.06. The average Bonchev–Trinajstić information content (AvgIpc) is 3.06. The van der Waals surface area contributed by atoms with E-state index in [4.69, 9.17) is 4.42 Å². The van der Waals surface area contributed by atoms with Crippen LogP contribution in [-0.2, 0) is 10.3 Å². The monoisotopic (exact) mass is 332 g/mol. The summed E-state index contributed by atoms with van der Waals surface area (Å²) in [5, 5.41) is 12.8. The number of carbonyl (C=O) groups excluding carboxylic acids is 2. The van der Waals surface area contributed by atoms with Crippen molar-refractivity contribution < 1.29 is 23.5 Å². The van der Waals surface area contributed by atoms with E-state index in [0.717, 1.165) is 11.0 Å². The van der Waals surface area contributed by atoms with Gasteiger partial charge in [0.1, 0.15) is 17.3 Å². The van der Waals surface area contributed by atoms with E-state index in [1.807, 2.05) is 0 Å². The van der Waals surface area contributed by atoms with Crippen LogP contribution < -0.4 is 5.32 Å². The molecule has 7 heteroatoms. The zero-order valence-electron chi connectivity index (χ0n) is 13.2. The number of nitrogens with one attached hydrogen (secondary N) is 1. The highest BCUT2D eigenvalue weighted by Gasteiger charge is 2.51. The van der Waals surface area contributed by atoms with E-state index in [0.29, 0.717) is 11.5 Å². The van der Waals surface area contributed by atoms with E-state index in [-0.39, 0.29) is 12.1 Å². The summed E-state index contributed by atoms with van der Waals surface area (Å²) in [6.07, 6.45) is -1.18. The maximum atomic E-state index is 13.3. The highest BCUT2D eigenvalue weighted by atomic mass is 19.1. The van der Waals surface area contributed by atoms with Crippen LogP contribution in [0.1, 0.15) is 30.1 Å². The Labute approximate surface area is 137 Å². The number of β-amino-alcohol motifs (C(OH)–C–C–N with tert-alkyl or cyclic N) is 1. The van der Waals surface area contributed by atoms with Crippen molar-refractivity contribution in [1.82, 2.24) is 10.2 Å². The molecule has 0 saturated carbocycles. The predicted octanol–water partition coefficient (Wildman–Crippen LogP) is 2.23. The zero-order valence-corrected chi connectivity index (χ0v) is 13.2. The van der Waals surface area contributed by atoms with Gasteiger partial charge in [-0.3, -0.25) is 9.69 Å². The summed E-state index contributed by atoms with van der Waals surface area (Å²) in [5.74, 6) is -0.0930. The molecule has 126 valence electrons. The quantitative estimate of drug-likeness (QED) is 0.841. The molecule has 3 amide bonds. The number of hydrogen-bond acceptors (Lipinski definition) is 4. The number of hydrogen-bond donors (Lipinski definition) is 2. The van der Waals surface area contributed by atoms with E-state index in [1.54, 1.807) is 26.0 Å². The van der Waals surface area contributed by atoms with Crippen LogP contribution in [0.25, 0.3) is 0 Å². The third kappa shape index (κ3) is 2.67. The maximum Gasteiger partial charge on any atom is 0.325 e. The zero-order chi connectivity index (χ0) is 17.5. The van der Waals surface area contributed by atoms with Gasteiger partial charge in [0.05, 0.1) is 12.6 Å². The average molecular weight is 332 g/mol. The second-order valence-corrected chi connectivity index (χ2v) is 5.95. The second kappa shape index (κ2) is 5.76. The maximum absolute atomic E-state index is 13.3. The summed E-state index contributed by atoms with van der Waals surface area (Å²) in [4.78, 5) is 25.8. The summed E-state index contributed by atoms with van der Waals surface area (Å²) in [5.41, 5.74) is -1.04. The molecule has 2 heterocycles. The molecule has 0 spiro atoms. The molecular weight excluding hydrogens is 315 g/mol. The van der Waals surface area contributed by atoms with Crippen LogP contribution in [0, 0.1) is 12.7 Å². The first-order chi connectivity index (χ1) is 11.3. The fourth-order valence-corrected chi connectivity index (χ4v) is 2.73. The van der Waals surface area contributed by atoms with Gasteiger partial charge in [-0.1, -0.05) is 12.1 Å². The first-order valence-electron chi connectivity index (χ1n) is 7.46. The largest absolute Gasteiger partial charge is 0.463 e. The summed E-state index contributed by atoms with van der Waals surface area (Å²) >= 11 is 0. The number of aliphatic hydroxyl groups is 1. The molecular formula is C17H17FN2O4. The molecule has 3 rings (SSSR count). The Morgan fingerprint density at radius 3 is 2.71 bits per heavy atom. The Bertz CT molecular complexity index is 803. The van der Waals surface area contributed by atoms with Gasteiger partial charge in [0.15, 0.2) is 5.54 Å². The van der Waals surface area contributed by atoms with Crippen LogP contribution in [-0.4, -0.2) is 28.5 Å². The Balaban J connectivity index is 1.82. The van der Waals surface area contributed by atoms with Crippen molar-refractivity contribution in [3.63, 3.8) is 0 Å². The molecule has 2 N–H and O–H groups in total.